The van der Waals surface area contributed by atoms with Crippen LogP contribution in [0, 0.1) is 0 Å². The first-order valence-corrected chi connectivity index (χ1v) is 3.23. The van der Waals surface area contributed by atoms with Gasteiger partial charge in [-0.1, -0.05) is 6.58 Å². The average Bonchev–Trinajstić information content (AvgIpc) is 1.90. The van der Waals surface area contributed by atoms with E-state index in [1.165, 1.54) is 0 Å². The van der Waals surface area contributed by atoms with E-state index in [2.05, 4.69) is 6.58 Å². The van der Waals surface area contributed by atoms with E-state index in [1.54, 1.807) is 14.0 Å². The molecule has 0 aliphatic heterocycles. The molecule has 3 nitrogen and oxygen atoms in total. The first kappa shape index (κ1) is 9.62. The van der Waals surface area contributed by atoms with Gasteiger partial charge in [0, 0.05) is 13.7 Å². The fourth-order valence-electron chi connectivity index (χ4n) is 0.668. The van der Waals surface area contributed by atoms with Crippen molar-refractivity contribution in [2.75, 3.05) is 13.7 Å². The van der Waals surface area contributed by atoms with Gasteiger partial charge in [0.05, 0.1) is 12.2 Å². The van der Waals surface area contributed by atoms with E-state index in [4.69, 9.17) is 15.6 Å². The predicted octanol–water partition coefficient (Wildman–Crippen LogP) is -0.103. The minimum Gasteiger partial charge on any atom is -0.389 e. The van der Waals surface area contributed by atoms with Crippen molar-refractivity contribution < 1.29 is 9.84 Å². The van der Waals surface area contributed by atoms with Crippen LogP contribution in [0.15, 0.2) is 12.2 Å². The molecule has 2 unspecified atom stereocenters. The minimum atomic E-state index is -0.548. The van der Waals surface area contributed by atoms with Crippen LogP contribution in [0.1, 0.15) is 6.92 Å². The highest BCUT2D eigenvalue weighted by molar-refractivity contribution is 5.07. The summed E-state index contributed by atoms with van der Waals surface area (Å²) in [5.74, 6) is 0. The maximum atomic E-state index is 9.02. The molecule has 0 radical (unpaired) electrons. The summed E-state index contributed by atoms with van der Waals surface area (Å²) >= 11 is 0. The molecule has 0 aliphatic carbocycles. The van der Waals surface area contributed by atoms with Crippen molar-refractivity contribution in [3.63, 3.8) is 0 Å². The van der Waals surface area contributed by atoms with Crippen molar-refractivity contribution in [3.8, 4) is 0 Å². The summed E-state index contributed by atoms with van der Waals surface area (Å²) in [6.07, 6.45) is -0.770. The number of nitrogens with two attached hydrogens (primary N) is 1. The van der Waals surface area contributed by atoms with E-state index in [0.29, 0.717) is 12.1 Å². The first-order valence-electron chi connectivity index (χ1n) is 3.23. The third kappa shape index (κ3) is 2.47. The van der Waals surface area contributed by atoms with Crippen molar-refractivity contribution in [2.45, 2.75) is 19.1 Å². The van der Waals surface area contributed by atoms with Crippen molar-refractivity contribution in [3.05, 3.63) is 12.2 Å². The molecule has 0 spiro atoms. The molecule has 0 aromatic rings. The number of rotatable bonds is 4. The van der Waals surface area contributed by atoms with Gasteiger partial charge in [-0.05, 0) is 12.5 Å². The van der Waals surface area contributed by atoms with Crippen LogP contribution in [-0.2, 0) is 4.74 Å². The minimum absolute atomic E-state index is 0.222. The van der Waals surface area contributed by atoms with Gasteiger partial charge in [0.15, 0.2) is 0 Å². The van der Waals surface area contributed by atoms with Crippen LogP contribution >= 0.6 is 0 Å². The second-order valence-corrected chi connectivity index (χ2v) is 2.21. The lowest BCUT2D eigenvalue weighted by Crippen LogP contribution is -2.28. The zero-order chi connectivity index (χ0) is 8.15. The average molecular weight is 145 g/mol. The van der Waals surface area contributed by atoms with Gasteiger partial charge >= 0.3 is 0 Å². The van der Waals surface area contributed by atoms with Gasteiger partial charge in [-0.3, -0.25) is 0 Å². The second-order valence-electron chi connectivity index (χ2n) is 2.21. The van der Waals surface area contributed by atoms with Gasteiger partial charge in [0.1, 0.15) is 0 Å². The first-order chi connectivity index (χ1) is 4.63. The standard InChI is InChI=1S/C7H15NO2/c1-5(6(2)9)7(4-8)10-3/h6-7,9H,1,4,8H2,2-3H3. The molecule has 0 bridgehead atoms. The fourth-order valence-corrected chi connectivity index (χ4v) is 0.668. The largest absolute Gasteiger partial charge is 0.389 e. The highest BCUT2D eigenvalue weighted by Crippen LogP contribution is 2.06. The molecule has 2 atom stereocenters. The molecule has 0 saturated carbocycles. The highest BCUT2D eigenvalue weighted by atomic mass is 16.5. The van der Waals surface area contributed by atoms with Crippen LogP contribution in [0.4, 0.5) is 0 Å². The Hall–Kier alpha value is -0.380. The molecule has 0 saturated heterocycles. The van der Waals surface area contributed by atoms with E-state index >= 15 is 0 Å². The van der Waals surface area contributed by atoms with Crippen LogP contribution in [-0.4, -0.2) is 31.0 Å². The summed E-state index contributed by atoms with van der Waals surface area (Å²) in [6.45, 7) is 5.65. The van der Waals surface area contributed by atoms with Crippen LogP contribution in [0.5, 0.6) is 0 Å². The van der Waals surface area contributed by atoms with Gasteiger partial charge < -0.3 is 15.6 Å². The van der Waals surface area contributed by atoms with Gasteiger partial charge in [-0.25, -0.2) is 0 Å². The molecule has 0 aromatic heterocycles. The Morgan fingerprint density at radius 1 is 1.80 bits per heavy atom. The summed E-state index contributed by atoms with van der Waals surface area (Å²) in [6, 6.07) is 0. The monoisotopic (exact) mass is 145 g/mol. The number of aliphatic hydroxyl groups excluding tert-OH is 1. The molecule has 0 aliphatic rings. The smallest absolute Gasteiger partial charge is 0.0925 e. The Bertz CT molecular complexity index is 108. The molecule has 60 valence electrons. The molecule has 0 heterocycles. The molecule has 0 fully saturated rings. The van der Waals surface area contributed by atoms with E-state index in [9.17, 15) is 0 Å². The summed E-state index contributed by atoms with van der Waals surface area (Å²) in [7, 11) is 1.55. The molecule has 0 amide bonds. The zero-order valence-corrected chi connectivity index (χ0v) is 6.50. The topological polar surface area (TPSA) is 55.5 Å². The van der Waals surface area contributed by atoms with Crippen molar-refractivity contribution in [2.24, 2.45) is 5.73 Å². The maximum absolute atomic E-state index is 9.02. The third-order valence-electron chi connectivity index (χ3n) is 1.45. The number of hydrogen-bond acceptors (Lipinski definition) is 3. The SMILES string of the molecule is C=C(C(C)O)C(CN)OC. The Kier molecular flexibility index (Phi) is 4.27. The van der Waals surface area contributed by atoms with Gasteiger partial charge in [-0.2, -0.15) is 0 Å². The second kappa shape index (κ2) is 4.44. The lowest BCUT2D eigenvalue weighted by atomic mass is 10.1. The molecule has 0 aromatic carbocycles. The number of methoxy groups -OCH3 is 1. The van der Waals surface area contributed by atoms with E-state index < -0.39 is 6.10 Å². The third-order valence-corrected chi connectivity index (χ3v) is 1.45. The molecular formula is C7H15NO2. The normalized spacial score (nSPS) is 16.4. The van der Waals surface area contributed by atoms with E-state index in [-0.39, 0.29) is 6.10 Å². The zero-order valence-electron chi connectivity index (χ0n) is 6.50. The fraction of sp³-hybridized carbons (Fsp3) is 0.714. The lowest BCUT2D eigenvalue weighted by Gasteiger charge is -2.17. The molecule has 3 heteroatoms. The van der Waals surface area contributed by atoms with Crippen LogP contribution < -0.4 is 5.73 Å². The van der Waals surface area contributed by atoms with Crippen LogP contribution in [0.25, 0.3) is 0 Å². The number of aliphatic hydroxyl groups is 1. The lowest BCUT2D eigenvalue weighted by molar-refractivity contribution is 0.109. The highest BCUT2D eigenvalue weighted by Gasteiger charge is 2.12. The quantitative estimate of drug-likeness (QED) is 0.543. The van der Waals surface area contributed by atoms with Crippen molar-refractivity contribution in [1.82, 2.24) is 0 Å². The van der Waals surface area contributed by atoms with E-state index in [0.717, 1.165) is 0 Å². The summed E-state index contributed by atoms with van der Waals surface area (Å²) in [4.78, 5) is 0. The van der Waals surface area contributed by atoms with Crippen LogP contribution in [0.3, 0.4) is 0 Å². The summed E-state index contributed by atoms with van der Waals surface area (Å²) < 4.78 is 4.94. The molecule has 3 N–H and O–H groups in total. The summed E-state index contributed by atoms with van der Waals surface area (Å²) in [5.41, 5.74) is 5.95. The van der Waals surface area contributed by atoms with Gasteiger partial charge in [-0.15, -0.1) is 0 Å². The van der Waals surface area contributed by atoms with Crippen molar-refractivity contribution in [1.29, 1.82) is 0 Å². The Morgan fingerprint density at radius 2 is 2.30 bits per heavy atom. The van der Waals surface area contributed by atoms with Gasteiger partial charge in [0.2, 0.25) is 0 Å². The maximum Gasteiger partial charge on any atom is 0.0925 e. The Morgan fingerprint density at radius 3 is 2.40 bits per heavy atom. The Balaban J connectivity index is 3.89. The van der Waals surface area contributed by atoms with E-state index in [1.807, 2.05) is 0 Å². The molecule has 10 heavy (non-hydrogen) atoms. The number of ether oxygens (including phenoxy) is 1. The summed E-state index contributed by atoms with van der Waals surface area (Å²) in [5, 5.41) is 9.02. The Labute approximate surface area is 61.5 Å². The molecular weight excluding hydrogens is 130 g/mol. The predicted molar refractivity (Wildman–Crippen MR) is 40.7 cm³/mol. The van der Waals surface area contributed by atoms with Crippen molar-refractivity contribution >= 4 is 0 Å². The number of hydrogen-bond donors (Lipinski definition) is 2. The van der Waals surface area contributed by atoms with Gasteiger partial charge in [0.25, 0.3) is 0 Å². The molecule has 0 rings (SSSR count). The van der Waals surface area contributed by atoms with Crippen LogP contribution in [0.2, 0.25) is 0 Å².